The predicted octanol–water partition coefficient (Wildman–Crippen LogP) is 2.37. The number of aldehydes is 1. The Morgan fingerprint density at radius 3 is 2.10 bits per heavy atom. The van der Waals surface area contributed by atoms with Crippen LogP contribution >= 0.6 is 11.6 Å². The highest BCUT2D eigenvalue weighted by Crippen LogP contribution is 2.18. The molecular weight excluding hydrogens is 316 g/mol. The molecule has 0 aromatic heterocycles. The molecule has 0 heterocycles. The minimum absolute atomic E-state index is 0.0417. The third kappa shape index (κ3) is 5.16. The lowest BCUT2D eigenvalue weighted by atomic mass is 10.2. The second-order valence-corrected chi connectivity index (χ2v) is 5.55. The van der Waals surface area contributed by atoms with E-state index in [0.717, 1.165) is 5.69 Å². The maximum atomic E-state index is 10.6. The van der Waals surface area contributed by atoms with Gasteiger partial charge < -0.3 is 5.43 Å². The van der Waals surface area contributed by atoms with Crippen molar-refractivity contribution < 1.29 is 17.8 Å². The first kappa shape index (κ1) is 17.1. The molecule has 0 aliphatic carbocycles. The highest BCUT2D eigenvalue weighted by molar-refractivity contribution is 7.86. The second kappa shape index (κ2) is 7.75. The van der Waals surface area contributed by atoms with Crippen LogP contribution in [-0.4, -0.2) is 19.3 Å². The average molecular weight is 329 g/mol. The molecule has 0 amide bonds. The van der Waals surface area contributed by atoms with Gasteiger partial charge in [0.15, 0.2) is 6.29 Å². The van der Waals surface area contributed by atoms with Gasteiger partial charge in [-0.1, -0.05) is 41.9 Å². The number of nitrogens with two attached hydrogens (primary N) is 1. The summed E-state index contributed by atoms with van der Waals surface area (Å²) in [5.41, 5.74) is 3.17. The Hall–Kier alpha value is -1.93. The summed E-state index contributed by atoms with van der Waals surface area (Å²) in [7, 11) is -4.28. The van der Waals surface area contributed by atoms with Crippen molar-refractivity contribution in [1.82, 2.24) is 0 Å². The van der Waals surface area contributed by atoms with Crippen molar-refractivity contribution in [3.8, 4) is 0 Å². The fraction of sp³-hybridized carbons (Fsp3) is 0. The minimum atomic E-state index is -4.28. The van der Waals surface area contributed by atoms with Gasteiger partial charge in [0.05, 0.1) is 10.7 Å². The van der Waals surface area contributed by atoms with Crippen LogP contribution in [0.3, 0.4) is 0 Å². The van der Waals surface area contributed by atoms with E-state index in [4.69, 9.17) is 22.0 Å². The molecule has 21 heavy (non-hydrogen) atoms. The molecule has 4 N–H and O–H groups in total. The van der Waals surface area contributed by atoms with Crippen LogP contribution in [0, 0.1) is 0 Å². The molecule has 2 aromatic carbocycles. The Kier molecular flexibility index (Phi) is 6.32. The lowest BCUT2D eigenvalue weighted by Crippen LogP contribution is -2.06. The van der Waals surface area contributed by atoms with Gasteiger partial charge in [-0.25, -0.2) is 0 Å². The number of hydrogen-bond donors (Lipinski definition) is 3. The van der Waals surface area contributed by atoms with Crippen LogP contribution in [-0.2, 0) is 10.1 Å². The number of para-hydroxylation sites is 1. The van der Waals surface area contributed by atoms with Crippen molar-refractivity contribution in [2.24, 2.45) is 5.84 Å². The van der Waals surface area contributed by atoms with Crippen molar-refractivity contribution >= 4 is 33.7 Å². The molecule has 0 aliphatic rings. The standard InChI is InChI=1S/C7H6O4S.C6H7ClN2/c8-5-6-3-1-2-4-7(6)12(9,10)11;7-5-3-1-2-4-6(5)9-8/h1-5H,(H,9,10,11);1-4,9H,8H2. The lowest BCUT2D eigenvalue weighted by Gasteiger charge is -1.99. The summed E-state index contributed by atoms with van der Waals surface area (Å²) >= 11 is 5.68. The summed E-state index contributed by atoms with van der Waals surface area (Å²) in [5, 5.41) is 0.639. The zero-order valence-electron chi connectivity index (χ0n) is 10.7. The van der Waals surface area contributed by atoms with Crippen LogP contribution in [0.2, 0.25) is 5.02 Å². The summed E-state index contributed by atoms with van der Waals surface area (Å²) in [4.78, 5) is 9.94. The largest absolute Gasteiger partial charge is 0.323 e. The second-order valence-electron chi connectivity index (χ2n) is 3.75. The molecule has 2 aromatic rings. The molecule has 0 spiro atoms. The number of hydrogen-bond acceptors (Lipinski definition) is 5. The molecule has 2 rings (SSSR count). The monoisotopic (exact) mass is 328 g/mol. The van der Waals surface area contributed by atoms with E-state index >= 15 is 0 Å². The smallest absolute Gasteiger partial charge is 0.295 e. The Labute approximate surface area is 127 Å². The van der Waals surface area contributed by atoms with Gasteiger partial charge in [0.25, 0.3) is 10.1 Å². The number of rotatable bonds is 3. The zero-order valence-corrected chi connectivity index (χ0v) is 12.3. The molecular formula is C13H13ClN2O4S. The highest BCUT2D eigenvalue weighted by atomic mass is 35.5. The number of nitrogens with one attached hydrogen (secondary N) is 1. The van der Waals surface area contributed by atoms with Gasteiger partial charge in [0.2, 0.25) is 0 Å². The highest BCUT2D eigenvalue weighted by Gasteiger charge is 2.13. The summed E-state index contributed by atoms with van der Waals surface area (Å²) < 4.78 is 29.8. The number of hydrazine groups is 1. The third-order valence-corrected chi connectivity index (χ3v) is 3.61. The first-order valence-corrected chi connectivity index (χ1v) is 7.44. The quantitative estimate of drug-likeness (QED) is 0.345. The molecule has 0 unspecified atom stereocenters. The van der Waals surface area contributed by atoms with Gasteiger partial charge in [0.1, 0.15) is 4.90 Å². The van der Waals surface area contributed by atoms with E-state index in [9.17, 15) is 13.2 Å². The van der Waals surface area contributed by atoms with Crippen LogP contribution in [0.4, 0.5) is 5.69 Å². The summed E-state index contributed by atoms with van der Waals surface area (Å²) in [6.45, 7) is 0. The number of carbonyl (C=O) groups is 1. The summed E-state index contributed by atoms with van der Waals surface area (Å²) in [6.07, 6.45) is 0.378. The Balaban J connectivity index is 0.000000219. The first-order chi connectivity index (χ1) is 9.90. The number of anilines is 1. The van der Waals surface area contributed by atoms with Gasteiger partial charge in [-0.15, -0.1) is 0 Å². The SMILES string of the molecule is NNc1ccccc1Cl.O=Cc1ccccc1S(=O)(=O)O. The molecule has 0 fully saturated rings. The number of halogens is 1. The molecule has 6 nitrogen and oxygen atoms in total. The fourth-order valence-corrected chi connectivity index (χ4v) is 2.25. The number of benzene rings is 2. The van der Waals surface area contributed by atoms with E-state index in [2.05, 4.69) is 5.43 Å². The van der Waals surface area contributed by atoms with Gasteiger partial charge in [0, 0.05) is 5.56 Å². The molecule has 0 saturated carbocycles. The third-order valence-electron chi connectivity index (χ3n) is 2.35. The van der Waals surface area contributed by atoms with E-state index in [1.54, 1.807) is 6.07 Å². The van der Waals surface area contributed by atoms with Crippen molar-refractivity contribution in [2.75, 3.05) is 5.43 Å². The van der Waals surface area contributed by atoms with E-state index in [1.807, 2.05) is 18.2 Å². The summed E-state index contributed by atoms with van der Waals surface area (Å²) in [5.74, 6) is 5.12. The van der Waals surface area contributed by atoms with E-state index in [1.165, 1.54) is 24.3 Å². The first-order valence-electron chi connectivity index (χ1n) is 5.63. The molecule has 8 heteroatoms. The van der Waals surface area contributed by atoms with Gasteiger partial charge >= 0.3 is 0 Å². The van der Waals surface area contributed by atoms with Crippen LogP contribution in [0.15, 0.2) is 53.4 Å². The predicted molar refractivity (Wildman–Crippen MR) is 80.9 cm³/mol. The van der Waals surface area contributed by atoms with Crippen LogP contribution in [0.25, 0.3) is 0 Å². The minimum Gasteiger partial charge on any atom is -0.323 e. The van der Waals surface area contributed by atoms with Gasteiger partial charge in [-0.05, 0) is 18.2 Å². The number of carbonyl (C=O) groups excluding carboxylic acids is 1. The molecule has 0 aliphatic heterocycles. The van der Waals surface area contributed by atoms with Gasteiger partial charge in [-0.3, -0.25) is 15.2 Å². The maximum Gasteiger partial charge on any atom is 0.295 e. The van der Waals surface area contributed by atoms with Crippen LogP contribution in [0.5, 0.6) is 0 Å². The average Bonchev–Trinajstić information content (AvgIpc) is 2.47. The topological polar surface area (TPSA) is 109 Å². The van der Waals surface area contributed by atoms with Crippen LogP contribution in [0.1, 0.15) is 10.4 Å². The molecule has 0 saturated heterocycles. The molecule has 0 radical (unpaired) electrons. The summed E-state index contributed by atoms with van der Waals surface area (Å²) in [6, 6.07) is 12.7. The normalized spacial score (nSPS) is 10.2. The van der Waals surface area contributed by atoms with E-state index < -0.39 is 10.1 Å². The molecule has 0 bridgehead atoms. The zero-order chi connectivity index (χ0) is 15.9. The van der Waals surface area contributed by atoms with E-state index in [-0.39, 0.29) is 10.5 Å². The van der Waals surface area contributed by atoms with Crippen molar-refractivity contribution in [1.29, 1.82) is 0 Å². The van der Waals surface area contributed by atoms with E-state index in [0.29, 0.717) is 11.3 Å². The maximum absolute atomic E-state index is 10.6. The van der Waals surface area contributed by atoms with Gasteiger partial charge in [-0.2, -0.15) is 8.42 Å². The Morgan fingerprint density at radius 2 is 1.67 bits per heavy atom. The Morgan fingerprint density at radius 1 is 1.10 bits per heavy atom. The lowest BCUT2D eigenvalue weighted by molar-refractivity contribution is 0.112. The van der Waals surface area contributed by atoms with Crippen molar-refractivity contribution in [2.45, 2.75) is 4.90 Å². The van der Waals surface area contributed by atoms with Crippen LogP contribution < -0.4 is 11.3 Å². The molecule has 0 atom stereocenters. The molecule has 112 valence electrons. The fourth-order valence-electron chi connectivity index (χ4n) is 1.39. The Bertz CT molecular complexity index is 720. The number of nitrogen functional groups attached to an aromatic ring is 1. The van der Waals surface area contributed by atoms with Crippen molar-refractivity contribution in [3.05, 3.63) is 59.1 Å². The van der Waals surface area contributed by atoms with Crippen molar-refractivity contribution in [3.63, 3.8) is 0 Å².